The van der Waals surface area contributed by atoms with Crippen LogP contribution in [0.2, 0.25) is 0 Å². The molecule has 0 aliphatic carbocycles. The molecule has 1 heterocycles. The molecule has 1 aromatic rings. The first kappa shape index (κ1) is 39.1. The lowest BCUT2D eigenvalue weighted by molar-refractivity contribution is -0.147. The van der Waals surface area contributed by atoms with Gasteiger partial charge < -0.3 is 26.2 Å². The molecule has 0 saturated carbocycles. The van der Waals surface area contributed by atoms with Gasteiger partial charge in [0, 0.05) is 31.2 Å². The normalized spacial score (nSPS) is 18.2. The van der Waals surface area contributed by atoms with Gasteiger partial charge in [-0.05, 0) is 62.0 Å². The molecule has 1 fully saturated rings. The Balaban J connectivity index is 2.39. The van der Waals surface area contributed by atoms with Crippen LogP contribution in [0.3, 0.4) is 0 Å². The van der Waals surface area contributed by atoms with E-state index in [0.29, 0.717) is 24.9 Å². The van der Waals surface area contributed by atoms with E-state index in [9.17, 15) is 33.4 Å². The summed E-state index contributed by atoms with van der Waals surface area (Å²) >= 11 is 0. The van der Waals surface area contributed by atoms with Crippen LogP contribution in [0, 0.1) is 23.7 Å². The SMILES string of the molecule is CNC(=O)[C@H](CC(C)C)NC(=O)C(CC(C)C)CP(=O)(O)CN(C(=O)[C@@H](N)CC(C)C)C(=O)[C@@H]1CCCN1C(=O)c1ccccc1. The molecule has 12 nitrogen and oxygen atoms in total. The number of hydrogen-bond acceptors (Lipinski definition) is 7. The fourth-order valence-corrected chi connectivity index (χ4v) is 7.71. The van der Waals surface area contributed by atoms with E-state index >= 15 is 0 Å². The van der Waals surface area contributed by atoms with Gasteiger partial charge in [0.25, 0.3) is 11.8 Å². The summed E-state index contributed by atoms with van der Waals surface area (Å²) in [6.07, 6.45) is 0.317. The summed E-state index contributed by atoms with van der Waals surface area (Å²) in [6, 6.07) is 5.54. The van der Waals surface area contributed by atoms with Crippen LogP contribution in [0.25, 0.3) is 0 Å². The molecule has 0 aromatic heterocycles. The molecule has 5 amide bonds. The predicted octanol–water partition coefficient (Wildman–Crippen LogP) is 3.19. The second-order valence-corrected chi connectivity index (χ2v) is 16.0. The monoisotopic (exact) mass is 663 g/mol. The van der Waals surface area contributed by atoms with E-state index in [1.54, 1.807) is 30.3 Å². The second kappa shape index (κ2) is 17.7. The number of imide groups is 1. The maximum Gasteiger partial charge on any atom is 0.254 e. The lowest BCUT2D eigenvalue weighted by Gasteiger charge is -2.32. The highest BCUT2D eigenvalue weighted by Gasteiger charge is 2.43. The smallest absolute Gasteiger partial charge is 0.254 e. The Morgan fingerprint density at radius 2 is 1.54 bits per heavy atom. The van der Waals surface area contributed by atoms with E-state index in [1.165, 1.54) is 11.9 Å². The molecule has 5 N–H and O–H groups in total. The number of carbonyl (C=O) groups excluding carboxylic acids is 5. The quantitative estimate of drug-likeness (QED) is 0.195. The molecule has 0 bridgehead atoms. The maximum atomic E-state index is 14.1. The third kappa shape index (κ3) is 11.6. The molecule has 258 valence electrons. The van der Waals surface area contributed by atoms with Crippen LogP contribution in [0.5, 0.6) is 0 Å². The van der Waals surface area contributed by atoms with E-state index in [4.69, 9.17) is 5.73 Å². The van der Waals surface area contributed by atoms with Crippen LogP contribution in [0.15, 0.2) is 30.3 Å². The maximum absolute atomic E-state index is 14.1. The number of rotatable bonds is 16. The molecule has 0 spiro atoms. The summed E-state index contributed by atoms with van der Waals surface area (Å²) < 4.78 is 13.9. The highest BCUT2D eigenvalue weighted by molar-refractivity contribution is 7.58. The van der Waals surface area contributed by atoms with E-state index in [2.05, 4.69) is 10.6 Å². The predicted molar refractivity (Wildman–Crippen MR) is 178 cm³/mol. The van der Waals surface area contributed by atoms with Crippen molar-refractivity contribution in [3.8, 4) is 0 Å². The second-order valence-electron chi connectivity index (χ2n) is 13.7. The molecular weight excluding hydrogens is 609 g/mol. The zero-order chi connectivity index (χ0) is 34.8. The fourth-order valence-electron chi connectivity index (χ4n) is 5.87. The molecule has 5 atom stereocenters. The van der Waals surface area contributed by atoms with Gasteiger partial charge in [-0.25, -0.2) is 0 Å². The average Bonchev–Trinajstić information content (AvgIpc) is 3.47. The molecule has 0 radical (unpaired) electrons. The van der Waals surface area contributed by atoms with Crippen molar-refractivity contribution >= 4 is 36.9 Å². The van der Waals surface area contributed by atoms with Crippen molar-refractivity contribution in [2.75, 3.05) is 26.0 Å². The fraction of sp³-hybridized carbons (Fsp3) is 0.667. The first-order valence-corrected chi connectivity index (χ1v) is 18.3. The summed E-state index contributed by atoms with van der Waals surface area (Å²) in [7, 11) is -2.90. The van der Waals surface area contributed by atoms with E-state index < -0.39 is 61.6 Å². The van der Waals surface area contributed by atoms with Crippen molar-refractivity contribution in [3.63, 3.8) is 0 Å². The molecule has 2 rings (SSSR count). The minimum absolute atomic E-state index is 0.0118. The lowest BCUT2D eigenvalue weighted by Crippen LogP contribution is -2.54. The van der Waals surface area contributed by atoms with Crippen LogP contribution in [0.1, 0.15) is 84.0 Å². The van der Waals surface area contributed by atoms with Gasteiger partial charge in [-0.3, -0.25) is 33.4 Å². The molecule has 1 saturated heterocycles. The Morgan fingerprint density at radius 3 is 2.09 bits per heavy atom. The molecule has 1 aliphatic rings. The zero-order valence-electron chi connectivity index (χ0n) is 28.4. The number of benzene rings is 1. The van der Waals surface area contributed by atoms with Crippen molar-refractivity contribution in [1.29, 1.82) is 0 Å². The van der Waals surface area contributed by atoms with Crippen molar-refractivity contribution in [1.82, 2.24) is 20.4 Å². The summed E-state index contributed by atoms with van der Waals surface area (Å²) in [5.74, 6) is -3.74. The minimum atomic E-state index is -4.38. The van der Waals surface area contributed by atoms with E-state index in [-0.39, 0.29) is 48.8 Å². The van der Waals surface area contributed by atoms with Gasteiger partial charge in [0.05, 0.1) is 6.04 Å². The van der Waals surface area contributed by atoms with Gasteiger partial charge in [0.2, 0.25) is 25.1 Å². The van der Waals surface area contributed by atoms with Crippen LogP contribution in [-0.2, 0) is 23.7 Å². The average molecular weight is 664 g/mol. The molecule has 2 unspecified atom stereocenters. The summed E-state index contributed by atoms with van der Waals surface area (Å²) in [5, 5.41) is 5.30. The van der Waals surface area contributed by atoms with Crippen molar-refractivity contribution < 1.29 is 33.4 Å². The minimum Gasteiger partial charge on any atom is -0.357 e. The Kier molecular flexibility index (Phi) is 15.1. The number of nitrogens with one attached hydrogen (secondary N) is 2. The first-order valence-electron chi connectivity index (χ1n) is 16.3. The number of amides is 5. The largest absolute Gasteiger partial charge is 0.357 e. The number of likely N-dealkylation sites (tertiary alicyclic amines) is 1. The zero-order valence-corrected chi connectivity index (χ0v) is 29.3. The van der Waals surface area contributed by atoms with Gasteiger partial charge in [-0.2, -0.15) is 0 Å². The van der Waals surface area contributed by atoms with Gasteiger partial charge in [-0.15, -0.1) is 0 Å². The Hall–Kier alpha value is -3.08. The third-order valence-electron chi connectivity index (χ3n) is 7.98. The highest BCUT2D eigenvalue weighted by atomic mass is 31.2. The van der Waals surface area contributed by atoms with Crippen molar-refractivity contribution in [2.45, 2.75) is 91.8 Å². The molecular formula is C33H54N5O7P. The van der Waals surface area contributed by atoms with Gasteiger partial charge >= 0.3 is 0 Å². The highest BCUT2D eigenvalue weighted by Crippen LogP contribution is 2.45. The summed E-state index contributed by atoms with van der Waals surface area (Å²) in [6.45, 7) is 11.6. The van der Waals surface area contributed by atoms with Crippen LogP contribution in [-0.4, -0.2) is 88.4 Å². The number of hydrogen-bond donors (Lipinski definition) is 4. The first-order chi connectivity index (χ1) is 21.5. The number of nitrogens with two attached hydrogens (primary N) is 1. The number of carbonyl (C=O) groups is 5. The van der Waals surface area contributed by atoms with Crippen molar-refractivity contribution in [2.24, 2.45) is 29.4 Å². The van der Waals surface area contributed by atoms with Crippen LogP contribution in [0.4, 0.5) is 0 Å². The van der Waals surface area contributed by atoms with Crippen molar-refractivity contribution in [3.05, 3.63) is 35.9 Å². The van der Waals surface area contributed by atoms with Gasteiger partial charge in [0.15, 0.2) is 0 Å². The van der Waals surface area contributed by atoms with Gasteiger partial charge in [-0.1, -0.05) is 59.7 Å². The van der Waals surface area contributed by atoms with E-state index in [0.717, 1.165) is 4.90 Å². The number of nitrogens with zero attached hydrogens (tertiary/aromatic N) is 2. The summed E-state index contributed by atoms with van der Waals surface area (Å²) in [4.78, 5) is 80.5. The Labute approximate surface area is 273 Å². The topological polar surface area (TPSA) is 179 Å². The van der Waals surface area contributed by atoms with E-state index in [1.807, 2.05) is 41.5 Å². The lowest BCUT2D eigenvalue weighted by atomic mass is 9.96. The van der Waals surface area contributed by atoms with Crippen LogP contribution < -0.4 is 16.4 Å². The van der Waals surface area contributed by atoms with Crippen LogP contribution >= 0.6 is 7.37 Å². The number of likely N-dealkylation sites (N-methyl/N-ethyl adjacent to an activating group) is 1. The molecule has 13 heteroatoms. The Bertz CT molecular complexity index is 1260. The standard InChI is InChI=1S/C33H54N5O7P/c1-21(2)16-25(29(39)36-27(18-23(5)6)30(40)35-7)19-46(44,45)20-38(32(42)26(34)17-22(3)4)33(43)28-14-11-15-37(28)31(41)24-12-9-8-10-13-24/h8-10,12-13,21-23,25-28H,11,14-20,34H2,1-7H3,(H,35,40)(H,36,39)(H,44,45)/t25?,26-,27-,28-/m0/s1. The Morgan fingerprint density at radius 1 is 0.957 bits per heavy atom. The third-order valence-corrected chi connectivity index (χ3v) is 9.71. The van der Waals surface area contributed by atoms with Gasteiger partial charge in [0.1, 0.15) is 18.4 Å². The summed E-state index contributed by atoms with van der Waals surface area (Å²) in [5.41, 5.74) is 6.60. The molecule has 1 aliphatic heterocycles. The molecule has 46 heavy (non-hydrogen) atoms. The molecule has 1 aromatic carbocycles.